The van der Waals surface area contributed by atoms with Gasteiger partial charge in [0.1, 0.15) is 0 Å². The zero-order chi connectivity index (χ0) is 7.84. The van der Waals surface area contributed by atoms with Crippen LogP contribution in [0.15, 0.2) is 0 Å². The molecule has 0 radical (unpaired) electrons. The number of carbonyl (C=O) groups is 1. The molecule has 0 saturated heterocycles. The standard InChI is InChI=1S/C8H13NO2/c1-11-9-8(10)7-3-5-2-6(5)4-7/h5-7H,2-4H2,1H3,(H,9,10). The van der Waals surface area contributed by atoms with Crippen molar-refractivity contribution in [3.05, 3.63) is 0 Å². The van der Waals surface area contributed by atoms with Crippen LogP contribution in [-0.4, -0.2) is 13.0 Å². The van der Waals surface area contributed by atoms with Gasteiger partial charge in [-0.3, -0.25) is 9.63 Å². The van der Waals surface area contributed by atoms with Crippen molar-refractivity contribution in [2.75, 3.05) is 7.11 Å². The fraction of sp³-hybridized carbons (Fsp3) is 0.875. The highest BCUT2D eigenvalue weighted by Crippen LogP contribution is 2.54. The molecule has 0 spiro atoms. The number of fused-ring (bicyclic) bond motifs is 1. The molecule has 1 amide bonds. The summed E-state index contributed by atoms with van der Waals surface area (Å²) in [6.45, 7) is 0. The molecule has 2 unspecified atom stereocenters. The second-order valence-electron chi connectivity index (χ2n) is 3.59. The van der Waals surface area contributed by atoms with Crippen molar-refractivity contribution in [2.24, 2.45) is 17.8 Å². The minimum atomic E-state index is 0.0692. The molecule has 0 aromatic heterocycles. The van der Waals surface area contributed by atoms with E-state index in [-0.39, 0.29) is 11.8 Å². The van der Waals surface area contributed by atoms with E-state index in [1.807, 2.05) is 0 Å². The van der Waals surface area contributed by atoms with Crippen LogP contribution in [0.25, 0.3) is 0 Å². The van der Waals surface area contributed by atoms with Crippen molar-refractivity contribution >= 4 is 5.91 Å². The van der Waals surface area contributed by atoms with E-state index >= 15 is 0 Å². The Balaban J connectivity index is 1.82. The summed E-state index contributed by atoms with van der Waals surface area (Å²) in [5, 5.41) is 0. The van der Waals surface area contributed by atoms with Crippen LogP contribution < -0.4 is 5.48 Å². The van der Waals surface area contributed by atoms with Crippen molar-refractivity contribution in [3.63, 3.8) is 0 Å². The minimum Gasteiger partial charge on any atom is -0.277 e. The lowest BCUT2D eigenvalue weighted by atomic mass is 10.0. The molecule has 0 heterocycles. The first-order chi connectivity index (χ1) is 5.31. The van der Waals surface area contributed by atoms with Gasteiger partial charge in [0.15, 0.2) is 0 Å². The molecule has 2 atom stereocenters. The van der Waals surface area contributed by atoms with Gasteiger partial charge in [-0.05, 0) is 31.1 Å². The van der Waals surface area contributed by atoms with Crippen LogP contribution >= 0.6 is 0 Å². The second kappa shape index (κ2) is 2.48. The van der Waals surface area contributed by atoms with Gasteiger partial charge in [-0.15, -0.1) is 0 Å². The Labute approximate surface area is 66.1 Å². The summed E-state index contributed by atoms with van der Waals surface area (Å²) in [6, 6.07) is 0. The molecule has 0 aromatic carbocycles. The highest BCUT2D eigenvalue weighted by Gasteiger charge is 2.47. The molecule has 2 saturated carbocycles. The molecule has 62 valence electrons. The van der Waals surface area contributed by atoms with Gasteiger partial charge in [0.2, 0.25) is 5.91 Å². The highest BCUT2D eigenvalue weighted by molar-refractivity contribution is 5.78. The summed E-state index contributed by atoms with van der Waals surface area (Å²) < 4.78 is 0. The number of carbonyl (C=O) groups excluding carboxylic acids is 1. The molecule has 3 heteroatoms. The number of nitrogens with one attached hydrogen (secondary N) is 1. The Hall–Kier alpha value is -0.570. The molecule has 2 aliphatic rings. The fourth-order valence-electron chi connectivity index (χ4n) is 2.11. The van der Waals surface area contributed by atoms with Crippen LogP contribution in [0.1, 0.15) is 19.3 Å². The summed E-state index contributed by atoms with van der Waals surface area (Å²) in [5.74, 6) is 2.03. The normalized spacial score (nSPS) is 39.9. The van der Waals surface area contributed by atoms with Gasteiger partial charge in [0.25, 0.3) is 0 Å². The third kappa shape index (κ3) is 1.25. The quantitative estimate of drug-likeness (QED) is 0.596. The molecule has 11 heavy (non-hydrogen) atoms. The molecule has 2 fully saturated rings. The summed E-state index contributed by atoms with van der Waals surface area (Å²) in [6.07, 6.45) is 3.52. The van der Waals surface area contributed by atoms with Crippen molar-refractivity contribution in [1.82, 2.24) is 5.48 Å². The maximum Gasteiger partial charge on any atom is 0.246 e. The molecule has 0 bridgehead atoms. The number of hydroxylamine groups is 1. The number of hydrogen-bond acceptors (Lipinski definition) is 2. The lowest BCUT2D eigenvalue weighted by Crippen LogP contribution is -2.28. The van der Waals surface area contributed by atoms with Crippen molar-refractivity contribution in [1.29, 1.82) is 0 Å². The lowest BCUT2D eigenvalue weighted by molar-refractivity contribution is -0.135. The molecule has 1 N–H and O–H groups in total. The summed E-state index contributed by atoms with van der Waals surface area (Å²) in [7, 11) is 1.48. The average molecular weight is 155 g/mol. The molecular formula is C8H13NO2. The first-order valence-corrected chi connectivity index (χ1v) is 4.14. The largest absolute Gasteiger partial charge is 0.277 e. The van der Waals surface area contributed by atoms with E-state index in [9.17, 15) is 4.79 Å². The monoisotopic (exact) mass is 155 g/mol. The summed E-state index contributed by atoms with van der Waals surface area (Å²) in [4.78, 5) is 15.7. The highest BCUT2D eigenvalue weighted by atomic mass is 16.6. The summed E-state index contributed by atoms with van der Waals surface area (Å²) >= 11 is 0. The number of rotatable bonds is 2. The first-order valence-electron chi connectivity index (χ1n) is 4.14. The summed E-state index contributed by atoms with van der Waals surface area (Å²) in [5.41, 5.74) is 2.39. The molecule has 0 aliphatic heterocycles. The van der Waals surface area contributed by atoms with E-state index in [1.54, 1.807) is 0 Å². The average Bonchev–Trinajstić information content (AvgIpc) is 2.59. The van der Waals surface area contributed by atoms with E-state index in [4.69, 9.17) is 0 Å². The Bertz CT molecular complexity index is 171. The van der Waals surface area contributed by atoms with E-state index in [1.165, 1.54) is 13.5 Å². The molecule has 3 nitrogen and oxygen atoms in total. The number of amides is 1. The molecule has 2 aliphatic carbocycles. The third-order valence-corrected chi connectivity index (χ3v) is 2.82. The molecular weight excluding hydrogens is 142 g/mol. The predicted octanol–water partition coefficient (Wildman–Crippen LogP) is 0.710. The van der Waals surface area contributed by atoms with Crippen molar-refractivity contribution in [3.8, 4) is 0 Å². The van der Waals surface area contributed by atoms with Gasteiger partial charge in [0.05, 0.1) is 7.11 Å². The zero-order valence-corrected chi connectivity index (χ0v) is 6.67. The van der Waals surface area contributed by atoms with Crippen LogP contribution in [0, 0.1) is 17.8 Å². The third-order valence-electron chi connectivity index (χ3n) is 2.82. The first kappa shape index (κ1) is 7.10. The Morgan fingerprint density at radius 3 is 2.55 bits per heavy atom. The van der Waals surface area contributed by atoms with E-state index in [2.05, 4.69) is 10.3 Å². The maximum atomic E-state index is 11.2. The van der Waals surface area contributed by atoms with Crippen LogP contribution in [-0.2, 0) is 9.63 Å². The maximum absolute atomic E-state index is 11.2. The van der Waals surface area contributed by atoms with Crippen LogP contribution in [0.5, 0.6) is 0 Å². The second-order valence-corrected chi connectivity index (χ2v) is 3.59. The molecule has 0 aromatic rings. The lowest BCUT2D eigenvalue weighted by Gasteiger charge is -2.09. The van der Waals surface area contributed by atoms with Gasteiger partial charge < -0.3 is 0 Å². The van der Waals surface area contributed by atoms with E-state index < -0.39 is 0 Å². The van der Waals surface area contributed by atoms with E-state index in [0.29, 0.717) is 0 Å². The van der Waals surface area contributed by atoms with Gasteiger partial charge >= 0.3 is 0 Å². The minimum absolute atomic E-state index is 0.0692. The number of hydrogen-bond donors (Lipinski definition) is 1. The van der Waals surface area contributed by atoms with Crippen molar-refractivity contribution in [2.45, 2.75) is 19.3 Å². The zero-order valence-electron chi connectivity index (χ0n) is 6.67. The molecule has 2 rings (SSSR count). The SMILES string of the molecule is CONC(=O)C1CC2CC2C1. The predicted molar refractivity (Wildman–Crippen MR) is 39.5 cm³/mol. The van der Waals surface area contributed by atoms with Gasteiger partial charge in [0, 0.05) is 5.92 Å². The van der Waals surface area contributed by atoms with Crippen LogP contribution in [0.4, 0.5) is 0 Å². The topological polar surface area (TPSA) is 38.3 Å². The Morgan fingerprint density at radius 2 is 2.00 bits per heavy atom. The van der Waals surface area contributed by atoms with E-state index in [0.717, 1.165) is 24.7 Å². The van der Waals surface area contributed by atoms with Gasteiger partial charge in [-0.25, -0.2) is 5.48 Å². The van der Waals surface area contributed by atoms with Gasteiger partial charge in [-0.1, -0.05) is 0 Å². The Morgan fingerprint density at radius 1 is 1.36 bits per heavy atom. The van der Waals surface area contributed by atoms with Gasteiger partial charge in [-0.2, -0.15) is 0 Å². The van der Waals surface area contributed by atoms with Crippen LogP contribution in [0.3, 0.4) is 0 Å². The van der Waals surface area contributed by atoms with Crippen LogP contribution in [0.2, 0.25) is 0 Å². The smallest absolute Gasteiger partial charge is 0.246 e. The van der Waals surface area contributed by atoms with Crippen molar-refractivity contribution < 1.29 is 9.63 Å². The Kier molecular flexibility index (Phi) is 1.60. The fourth-order valence-corrected chi connectivity index (χ4v) is 2.11.